The van der Waals surface area contributed by atoms with E-state index in [1.165, 1.54) is 0 Å². The van der Waals surface area contributed by atoms with Crippen LogP contribution in [0.5, 0.6) is 0 Å². The van der Waals surface area contributed by atoms with Crippen molar-refractivity contribution in [2.75, 3.05) is 5.75 Å². The molecule has 1 rings (SSSR count). The maximum atomic E-state index is 10.2. The molecule has 1 aromatic rings. The number of carboxylic acids is 1. The number of H-pyrrole nitrogens is 1. The molecule has 0 atom stereocenters. The maximum absolute atomic E-state index is 10.2. The summed E-state index contributed by atoms with van der Waals surface area (Å²) in [7, 11) is 0. The molecule has 0 unspecified atom stereocenters. The van der Waals surface area contributed by atoms with Crippen LogP contribution in [0.1, 0.15) is 19.7 Å². The van der Waals surface area contributed by atoms with Gasteiger partial charge in [-0.05, 0) is 13.8 Å². The summed E-state index contributed by atoms with van der Waals surface area (Å²) in [5, 5.41) is 24.6. The lowest BCUT2D eigenvalue weighted by Crippen LogP contribution is -2.17. The van der Waals surface area contributed by atoms with Crippen LogP contribution in [-0.2, 0) is 10.4 Å². The fraction of sp³-hybridized carbons (Fsp3) is 0.571. The molecule has 3 N–H and O–H groups in total. The lowest BCUT2D eigenvalue weighted by atomic mass is 10.1. The average molecular weight is 217 g/mol. The Morgan fingerprint density at radius 3 is 2.71 bits per heavy atom. The van der Waals surface area contributed by atoms with Crippen LogP contribution in [0.4, 0.5) is 0 Å². The van der Waals surface area contributed by atoms with E-state index >= 15 is 0 Å². The molecule has 0 aliphatic heterocycles. The summed E-state index contributed by atoms with van der Waals surface area (Å²) in [5.41, 5.74) is -1.09. The number of aromatic nitrogens is 3. The zero-order chi connectivity index (χ0) is 10.8. The minimum absolute atomic E-state index is 0.0941. The first-order valence-electron chi connectivity index (χ1n) is 3.89. The Kier molecular flexibility index (Phi) is 3.12. The first-order chi connectivity index (χ1) is 6.39. The Labute approximate surface area is 84.7 Å². The molecule has 7 heteroatoms. The molecule has 78 valence electrons. The Hall–Kier alpha value is -1.08. The SMILES string of the molecule is CC(C)(O)c1nc(SCC(=O)O)n[nH]1. The van der Waals surface area contributed by atoms with Gasteiger partial charge in [-0.15, -0.1) is 5.10 Å². The number of aromatic amines is 1. The van der Waals surface area contributed by atoms with E-state index in [1.54, 1.807) is 13.8 Å². The molecule has 0 aliphatic rings. The van der Waals surface area contributed by atoms with Gasteiger partial charge in [0.15, 0.2) is 5.82 Å². The Balaban J connectivity index is 2.64. The van der Waals surface area contributed by atoms with E-state index < -0.39 is 11.6 Å². The molecular formula is C7H11N3O3S. The lowest BCUT2D eigenvalue weighted by molar-refractivity contribution is -0.133. The van der Waals surface area contributed by atoms with Gasteiger partial charge in [0.2, 0.25) is 5.16 Å². The van der Waals surface area contributed by atoms with E-state index in [1.807, 2.05) is 0 Å². The van der Waals surface area contributed by atoms with Crippen LogP contribution in [0.15, 0.2) is 5.16 Å². The largest absolute Gasteiger partial charge is 0.481 e. The van der Waals surface area contributed by atoms with Gasteiger partial charge in [-0.3, -0.25) is 9.89 Å². The second kappa shape index (κ2) is 3.97. The fourth-order valence-electron chi connectivity index (χ4n) is 0.711. The van der Waals surface area contributed by atoms with Crippen molar-refractivity contribution in [3.8, 4) is 0 Å². The van der Waals surface area contributed by atoms with Crippen molar-refractivity contribution in [3.05, 3.63) is 5.82 Å². The molecule has 0 amide bonds. The van der Waals surface area contributed by atoms with Gasteiger partial charge in [0, 0.05) is 0 Å². The summed E-state index contributed by atoms with van der Waals surface area (Å²) in [4.78, 5) is 14.2. The number of rotatable bonds is 4. The van der Waals surface area contributed by atoms with Gasteiger partial charge in [0.1, 0.15) is 5.60 Å². The number of carbonyl (C=O) groups is 1. The molecule has 0 fully saturated rings. The second-order valence-electron chi connectivity index (χ2n) is 3.21. The third-order valence-corrected chi connectivity index (χ3v) is 2.20. The Morgan fingerprint density at radius 2 is 2.29 bits per heavy atom. The molecule has 14 heavy (non-hydrogen) atoms. The van der Waals surface area contributed by atoms with Crippen LogP contribution in [0.2, 0.25) is 0 Å². The Bertz CT molecular complexity index is 331. The smallest absolute Gasteiger partial charge is 0.313 e. The van der Waals surface area contributed by atoms with Crippen molar-refractivity contribution in [2.24, 2.45) is 0 Å². The summed E-state index contributed by atoms with van der Waals surface area (Å²) in [5.74, 6) is -0.696. The highest BCUT2D eigenvalue weighted by Gasteiger charge is 2.21. The number of hydrogen-bond acceptors (Lipinski definition) is 5. The monoisotopic (exact) mass is 217 g/mol. The minimum atomic E-state index is -1.09. The fourth-order valence-corrected chi connectivity index (χ4v) is 1.23. The van der Waals surface area contributed by atoms with Gasteiger partial charge in [-0.2, -0.15) is 0 Å². The lowest BCUT2D eigenvalue weighted by Gasteiger charge is -2.11. The number of thioether (sulfide) groups is 1. The summed E-state index contributed by atoms with van der Waals surface area (Å²) < 4.78 is 0. The van der Waals surface area contributed by atoms with Crippen LogP contribution in [0.3, 0.4) is 0 Å². The minimum Gasteiger partial charge on any atom is -0.481 e. The zero-order valence-corrected chi connectivity index (χ0v) is 8.63. The predicted octanol–water partition coefficient (Wildman–Crippen LogP) is 0.209. The number of hydrogen-bond donors (Lipinski definition) is 3. The molecule has 1 heterocycles. The number of nitrogens with zero attached hydrogens (tertiary/aromatic N) is 2. The summed E-state index contributed by atoms with van der Waals surface area (Å²) in [6.45, 7) is 3.14. The highest BCUT2D eigenvalue weighted by molar-refractivity contribution is 7.99. The quantitative estimate of drug-likeness (QED) is 0.623. The van der Waals surface area contributed by atoms with E-state index in [2.05, 4.69) is 15.2 Å². The van der Waals surface area contributed by atoms with Gasteiger partial charge >= 0.3 is 5.97 Å². The van der Waals surface area contributed by atoms with Crippen molar-refractivity contribution in [3.63, 3.8) is 0 Å². The Morgan fingerprint density at radius 1 is 1.64 bits per heavy atom. The van der Waals surface area contributed by atoms with E-state index in [4.69, 9.17) is 5.11 Å². The van der Waals surface area contributed by atoms with Gasteiger partial charge in [-0.1, -0.05) is 11.8 Å². The highest BCUT2D eigenvalue weighted by atomic mass is 32.2. The van der Waals surface area contributed by atoms with Gasteiger partial charge in [-0.25, -0.2) is 4.98 Å². The number of aliphatic hydroxyl groups is 1. The molecule has 0 radical (unpaired) electrons. The van der Waals surface area contributed by atoms with E-state index in [0.29, 0.717) is 11.0 Å². The van der Waals surface area contributed by atoms with Gasteiger partial charge < -0.3 is 10.2 Å². The van der Waals surface area contributed by atoms with Gasteiger partial charge in [0.25, 0.3) is 0 Å². The number of aliphatic carboxylic acids is 1. The first-order valence-corrected chi connectivity index (χ1v) is 4.88. The standard InChI is InChI=1S/C7H11N3O3S/c1-7(2,13)5-8-6(10-9-5)14-3-4(11)12/h13H,3H2,1-2H3,(H,11,12)(H,8,9,10). The molecular weight excluding hydrogens is 206 g/mol. The molecule has 0 aromatic carbocycles. The number of carboxylic acid groups (broad SMARTS) is 1. The molecule has 0 saturated carbocycles. The number of nitrogens with one attached hydrogen (secondary N) is 1. The molecule has 0 saturated heterocycles. The van der Waals surface area contributed by atoms with E-state index in [0.717, 1.165) is 11.8 Å². The normalized spacial score (nSPS) is 11.6. The molecule has 0 aliphatic carbocycles. The van der Waals surface area contributed by atoms with Crippen LogP contribution in [0.25, 0.3) is 0 Å². The van der Waals surface area contributed by atoms with Crippen molar-refractivity contribution < 1.29 is 15.0 Å². The van der Waals surface area contributed by atoms with Crippen molar-refractivity contribution >= 4 is 17.7 Å². The van der Waals surface area contributed by atoms with Crippen molar-refractivity contribution in [2.45, 2.75) is 24.6 Å². The van der Waals surface area contributed by atoms with Gasteiger partial charge in [0.05, 0.1) is 5.75 Å². The molecule has 1 aromatic heterocycles. The summed E-state index contributed by atoms with van der Waals surface area (Å²) in [6, 6.07) is 0. The molecule has 0 bridgehead atoms. The third-order valence-electron chi connectivity index (χ3n) is 1.37. The van der Waals surface area contributed by atoms with E-state index in [9.17, 15) is 9.90 Å². The summed E-state index contributed by atoms with van der Waals surface area (Å²) >= 11 is 1.00. The molecule has 6 nitrogen and oxygen atoms in total. The van der Waals surface area contributed by atoms with Crippen LogP contribution < -0.4 is 0 Å². The predicted molar refractivity (Wildman–Crippen MR) is 50.0 cm³/mol. The molecule has 0 spiro atoms. The van der Waals surface area contributed by atoms with Crippen LogP contribution in [0, 0.1) is 0 Å². The van der Waals surface area contributed by atoms with Crippen molar-refractivity contribution in [1.29, 1.82) is 0 Å². The first kappa shape index (κ1) is 11.0. The topological polar surface area (TPSA) is 99.1 Å². The van der Waals surface area contributed by atoms with Crippen LogP contribution in [-0.4, -0.2) is 37.1 Å². The maximum Gasteiger partial charge on any atom is 0.313 e. The van der Waals surface area contributed by atoms with E-state index in [-0.39, 0.29) is 5.75 Å². The third kappa shape index (κ3) is 3.00. The average Bonchev–Trinajstić information content (AvgIpc) is 2.47. The van der Waals surface area contributed by atoms with Crippen LogP contribution >= 0.6 is 11.8 Å². The highest BCUT2D eigenvalue weighted by Crippen LogP contribution is 2.18. The summed E-state index contributed by atoms with van der Waals surface area (Å²) in [6.07, 6.45) is 0. The van der Waals surface area contributed by atoms with Crippen molar-refractivity contribution in [1.82, 2.24) is 15.2 Å². The zero-order valence-electron chi connectivity index (χ0n) is 7.81. The second-order valence-corrected chi connectivity index (χ2v) is 4.15.